The fourth-order valence-corrected chi connectivity index (χ4v) is 2.67. The number of hydrogen-bond donors (Lipinski definition) is 1. The summed E-state index contributed by atoms with van der Waals surface area (Å²) in [5.74, 6) is 1.25. The molecule has 0 aliphatic heterocycles. The molecule has 4 aromatic rings. The molecule has 0 unspecified atom stereocenters. The third kappa shape index (κ3) is 4.19. The maximum atomic E-state index is 12.4. The van der Waals surface area contributed by atoms with Gasteiger partial charge in [0.25, 0.3) is 5.91 Å². The van der Waals surface area contributed by atoms with Gasteiger partial charge in [0, 0.05) is 16.1 Å². The van der Waals surface area contributed by atoms with Gasteiger partial charge in [-0.1, -0.05) is 41.0 Å². The van der Waals surface area contributed by atoms with Crippen molar-refractivity contribution in [3.63, 3.8) is 0 Å². The van der Waals surface area contributed by atoms with Gasteiger partial charge in [0.05, 0.1) is 0 Å². The standard InChI is InChI=1S/C21H14ClN3O3/c22-16-6-4-5-15(13-16)20-24-25-21(28-20)23-19(26)14-9-11-18(12-10-14)27-17-7-2-1-3-8-17/h1-13H,(H,23,25,26). The number of amides is 1. The largest absolute Gasteiger partial charge is 0.457 e. The molecule has 0 aliphatic carbocycles. The highest BCUT2D eigenvalue weighted by Crippen LogP contribution is 2.24. The first kappa shape index (κ1) is 17.8. The maximum absolute atomic E-state index is 12.4. The third-order valence-electron chi connectivity index (χ3n) is 3.81. The molecule has 6 nitrogen and oxygen atoms in total. The van der Waals surface area contributed by atoms with Crippen molar-refractivity contribution in [1.29, 1.82) is 0 Å². The Morgan fingerprint density at radius 3 is 2.39 bits per heavy atom. The minimum Gasteiger partial charge on any atom is -0.457 e. The average molecular weight is 392 g/mol. The molecule has 3 aromatic carbocycles. The van der Waals surface area contributed by atoms with Crippen LogP contribution in [-0.2, 0) is 0 Å². The van der Waals surface area contributed by atoms with E-state index in [1.807, 2.05) is 30.3 Å². The molecule has 28 heavy (non-hydrogen) atoms. The molecule has 0 aliphatic rings. The fraction of sp³-hybridized carbons (Fsp3) is 0. The summed E-state index contributed by atoms with van der Waals surface area (Å²) in [6.45, 7) is 0. The van der Waals surface area contributed by atoms with Crippen molar-refractivity contribution in [2.45, 2.75) is 0 Å². The van der Waals surface area contributed by atoms with E-state index in [1.54, 1.807) is 48.5 Å². The molecule has 7 heteroatoms. The predicted octanol–water partition coefficient (Wildman–Crippen LogP) is 5.43. The summed E-state index contributed by atoms with van der Waals surface area (Å²) in [6, 6.07) is 23.2. The number of carbonyl (C=O) groups excluding carboxylic acids is 1. The van der Waals surface area contributed by atoms with Crippen molar-refractivity contribution >= 4 is 23.5 Å². The molecule has 0 atom stereocenters. The maximum Gasteiger partial charge on any atom is 0.322 e. The van der Waals surface area contributed by atoms with E-state index >= 15 is 0 Å². The quantitative estimate of drug-likeness (QED) is 0.490. The first-order chi connectivity index (χ1) is 13.7. The molecule has 4 rings (SSSR count). The number of halogens is 1. The number of benzene rings is 3. The summed E-state index contributed by atoms with van der Waals surface area (Å²) >= 11 is 5.96. The second-order valence-corrected chi connectivity index (χ2v) is 6.25. The van der Waals surface area contributed by atoms with Gasteiger partial charge in [-0.05, 0) is 54.6 Å². The molecule has 0 spiro atoms. The molecule has 0 radical (unpaired) electrons. The van der Waals surface area contributed by atoms with Crippen LogP contribution in [0.2, 0.25) is 5.02 Å². The van der Waals surface area contributed by atoms with Crippen LogP contribution >= 0.6 is 11.6 Å². The molecule has 0 bridgehead atoms. The zero-order chi connectivity index (χ0) is 19.3. The van der Waals surface area contributed by atoms with Crippen LogP contribution in [0.1, 0.15) is 10.4 Å². The zero-order valence-corrected chi connectivity index (χ0v) is 15.3. The number of carbonyl (C=O) groups is 1. The van der Waals surface area contributed by atoms with Gasteiger partial charge in [0.2, 0.25) is 5.89 Å². The molecule has 0 fully saturated rings. The number of para-hydroxylation sites is 1. The second-order valence-electron chi connectivity index (χ2n) is 5.82. The van der Waals surface area contributed by atoms with E-state index in [9.17, 15) is 4.79 Å². The topological polar surface area (TPSA) is 77.3 Å². The van der Waals surface area contributed by atoms with E-state index < -0.39 is 0 Å². The van der Waals surface area contributed by atoms with Crippen LogP contribution in [0.3, 0.4) is 0 Å². The second kappa shape index (κ2) is 7.94. The molecule has 1 aromatic heterocycles. The average Bonchev–Trinajstić information content (AvgIpc) is 3.18. The first-order valence-corrected chi connectivity index (χ1v) is 8.79. The van der Waals surface area contributed by atoms with Crippen LogP contribution < -0.4 is 10.1 Å². The highest BCUT2D eigenvalue weighted by Gasteiger charge is 2.13. The van der Waals surface area contributed by atoms with Crippen molar-refractivity contribution < 1.29 is 13.9 Å². The van der Waals surface area contributed by atoms with Crippen molar-refractivity contribution in [2.24, 2.45) is 0 Å². The lowest BCUT2D eigenvalue weighted by Crippen LogP contribution is -2.11. The smallest absolute Gasteiger partial charge is 0.322 e. The lowest BCUT2D eigenvalue weighted by atomic mass is 10.2. The first-order valence-electron chi connectivity index (χ1n) is 8.41. The van der Waals surface area contributed by atoms with E-state index in [4.69, 9.17) is 20.8 Å². The van der Waals surface area contributed by atoms with E-state index in [2.05, 4.69) is 15.5 Å². The van der Waals surface area contributed by atoms with Crippen LogP contribution in [0, 0.1) is 0 Å². The number of aromatic nitrogens is 2. The number of hydrogen-bond acceptors (Lipinski definition) is 5. The Bertz CT molecular complexity index is 1100. The lowest BCUT2D eigenvalue weighted by Gasteiger charge is -2.06. The molecular formula is C21H14ClN3O3. The minimum absolute atomic E-state index is 0.00425. The van der Waals surface area contributed by atoms with E-state index in [0.29, 0.717) is 21.9 Å². The minimum atomic E-state index is -0.368. The zero-order valence-electron chi connectivity index (χ0n) is 14.5. The summed E-state index contributed by atoms with van der Waals surface area (Å²) in [4.78, 5) is 12.4. The van der Waals surface area contributed by atoms with Crippen molar-refractivity contribution in [3.8, 4) is 23.0 Å². The van der Waals surface area contributed by atoms with Crippen molar-refractivity contribution in [2.75, 3.05) is 5.32 Å². The van der Waals surface area contributed by atoms with E-state index in [0.717, 1.165) is 5.75 Å². The molecule has 0 saturated carbocycles. The van der Waals surface area contributed by atoms with E-state index in [-0.39, 0.29) is 17.8 Å². The highest BCUT2D eigenvalue weighted by molar-refractivity contribution is 6.30. The van der Waals surface area contributed by atoms with Gasteiger partial charge in [0.1, 0.15) is 11.5 Å². The van der Waals surface area contributed by atoms with Crippen molar-refractivity contribution in [3.05, 3.63) is 89.4 Å². The predicted molar refractivity (Wildman–Crippen MR) is 106 cm³/mol. The van der Waals surface area contributed by atoms with Crippen LogP contribution in [0.25, 0.3) is 11.5 Å². The number of anilines is 1. The molecule has 1 amide bonds. The normalized spacial score (nSPS) is 10.5. The summed E-state index contributed by atoms with van der Waals surface area (Å²) in [6.07, 6.45) is 0. The fourth-order valence-electron chi connectivity index (χ4n) is 2.48. The van der Waals surface area contributed by atoms with Crippen LogP contribution in [0.5, 0.6) is 11.5 Å². The summed E-state index contributed by atoms with van der Waals surface area (Å²) in [5.41, 5.74) is 1.10. The molecule has 138 valence electrons. The SMILES string of the molecule is O=C(Nc1nnc(-c2cccc(Cl)c2)o1)c1ccc(Oc2ccccc2)cc1. The lowest BCUT2D eigenvalue weighted by molar-refractivity contribution is 0.102. The number of nitrogens with zero attached hydrogens (tertiary/aromatic N) is 2. The van der Waals surface area contributed by atoms with Gasteiger partial charge >= 0.3 is 6.01 Å². The summed E-state index contributed by atoms with van der Waals surface area (Å²) in [5, 5.41) is 10.9. The monoisotopic (exact) mass is 391 g/mol. The Kier molecular flexibility index (Phi) is 5.03. The third-order valence-corrected chi connectivity index (χ3v) is 4.05. The van der Waals surface area contributed by atoms with Gasteiger partial charge in [-0.15, -0.1) is 5.10 Å². The van der Waals surface area contributed by atoms with Gasteiger partial charge in [-0.2, -0.15) is 0 Å². The van der Waals surface area contributed by atoms with Crippen LogP contribution in [0.15, 0.2) is 83.3 Å². The Morgan fingerprint density at radius 1 is 0.893 bits per heavy atom. The number of ether oxygens (including phenoxy) is 1. The summed E-state index contributed by atoms with van der Waals surface area (Å²) < 4.78 is 11.2. The summed E-state index contributed by atoms with van der Waals surface area (Å²) in [7, 11) is 0. The Balaban J connectivity index is 1.42. The molecule has 1 heterocycles. The Morgan fingerprint density at radius 2 is 1.64 bits per heavy atom. The van der Waals surface area contributed by atoms with E-state index in [1.165, 1.54) is 0 Å². The Labute approximate surface area is 165 Å². The van der Waals surface area contributed by atoms with Crippen LogP contribution in [0.4, 0.5) is 6.01 Å². The van der Waals surface area contributed by atoms with Crippen molar-refractivity contribution in [1.82, 2.24) is 10.2 Å². The highest BCUT2D eigenvalue weighted by atomic mass is 35.5. The van der Waals surface area contributed by atoms with Gasteiger partial charge in [-0.25, -0.2) is 0 Å². The number of nitrogens with one attached hydrogen (secondary N) is 1. The van der Waals surface area contributed by atoms with Gasteiger partial charge < -0.3 is 9.15 Å². The Hall–Kier alpha value is -3.64. The molecular weight excluding hydrogens is 378 g/mol. The van der Waals surface area contributed by atoms with Crippen LogP contribution in [-0.4, -0.2) is 16.1 Å². The molecule has 1 N–H and O–H groups in total. The van der Waals surface area contributed by atoms with Gasteiger partial charge in [-0.3, -0.25) is 10.1 Å². The number of rotatable bonds is 5. The molecule has 0 saturated heterocycles. The van der Waals surface area contributed by atoms with Gasteiger partial charge in [0.15, 0.2) is 0 Å².